The Kier molecular flexibility index (Phi) is 9.02. The normalized spacial score (nSPS) is 19.1. The van der Waals surface area contributed by atoms with E-state index >= 15 is 0 Å². The van der Waals surface area contributed by atoms with Crippen LogP contribution in [0.15, 0.2) is 42.7 Å². The highest BCUT2D eigenvalue weighted by molar-refractivity contribution is 7.52. The maximum Gasteiger partial charge on any atom is 0.459 e. The van der Waals surface area contributed by atoms with E-state index in [0.717, 1.165) is 0 Å². The van der Waals surface area contributed by atoms with Crippen LogP contribution in [0, 0.1) is 5.92 Å². The van der Waals surface area contributed by atoms with Crippen molar-refractivity contribution in [3.05, 3.63) is 42.7 Å². The Bertz CT molecular complexity index is 1380. The van der Waals surface area contributed by atoms with E-state index in [1.165, 1.54) is 20.1 Å². The number of anilines is 1. The number of carboxylic acid groups (broad SMARTS) is 1. The van der Waals surface area contributed by atoms with E-state index in [1.54, 1.807) is 31.6 Å². The summed E-state index contributed by atoms with van der Waals surface area (Å²) in [4.78, 5) is 24.2. The number of fused-ring (bicyclic) bond motifs is 1. The van der Waals surface area contributed by atoms with Gasteiger partial charge in [-0.1, -0.05) is 18.2 Å². The van der Waals surface area contributed by atoms with Crippen LogP contribution in [0.4, 0.5) is 5.95 Å². The van der Waals surface area contributed by atoms with Gasteiger partial charge in [0.25, 0.3) is 0 Å². The lowest BCUT2D eigenvalue weighted by atomic mass is 10.1. The molecule has 4 rings (SSSR count). The monoisotopic (exact) mass is 562 g/mol. The summed E-state index contributed by atoms with van der Waals surface area (Å²) in [5, 5.41) is 11.9. The van der Waals surface area contributed by atoms with E-state index in [-0.39, 0.29) is 36.1 Å². The van der Waals surface area contributed by atoms with Crippen LogP contribution in [0.25, 0.3) is 11.2 Å². The van der Waals surface area contributed by atoms with Crippen LogP contribution in [0.3, 0.4) is 0 Å². The summed E-state index contributed by atoms with van der Waals surface area (Å²) in [7, 11) is -1.07. The summed E-state index contributed by atoms with van der Waals surface area (Å²) in [6, 6.07) is 5.16. The highest BCUT2D eigenvalue weighted by atomic mass is 31.2. The minimum atomic E-state index is -4.11. The molecule has 1 aromatic carbocycles. The number of nitrogens with two attached hydrogens (primary N) is 1. The van der Waals surface area contributed by atoms with Crippen molar-refractivity contribution in [2.75, 3.05) is 39.8 Å². The van der Waals surface area contributed by atoms with E-state index in [1.807, 2.05) is 16.7 Å². The van der Waals surface area contributed by atoms with Gasteiger partial charge in [0.05, 0.1) is 32.7 Å². The zero-order chi connectivity index (χ0) is 28.0. The summed E-state index contributed by atoms with van der Waals surface area (Å²) in [5.74, 6) is -0.359. The Balaban J connectivity index is 1.45. The average molecular weight is 563 g/mol. The molecule has 0 spiro atoms. The number of aliphatic carboxylic acids is 1. The third-order valence-corrected chi connectivity index (χ3v) is 7.52. The maximum atomic E-state index is 13.7. The topological polar surface area (TPSA) is 182 Å². The van der Waals surface area contributed by atoms with Crippen LogP contribution in [0.2, 0.25) is 0 Å². The lowest BCUT2D eigenvalue weighted by Crippen LogP contribution is -2.33. The van der Waals surface area contributed by atoms with Crippen molar-refractivity contribution in [3.63, 3.8) is 0 Å². The Morgan fingerprint density at radius 3 is 2.79 bits per heavy atom. The second-order valence-corrected chi connectivity index (χ2v) is 10.4. The van der Waals surface area contributed by atoms with E-state index in [9.17, 15) is 14.5 Å². The smallest absolute Gasteiger partial charge is 0.459 e. The lowest BCUT2D eigenvalue weighted by molar-refractivity contribution is -0.138. The number of hydrogen-bond acceptors (Lipinski definition) is 11. The SMILES string of the molecule is COCCOc1cccc(OP(=O)(NC(C)C(=O)O)OC[C@@H]2C=C[C@H](n3cnc4c(OC)nc(N)nc43)C2)c1. The molecule has 15 heteroatoms. The third kappa shape index (κ3) is 7.03. The van der Waals surface area contributed by atoms with E-state index in [0.29, 0.717) is 36.5 Å². The molecule has 0 saturated carbocycles. The molecule has 4 N–H and O–H groups in total. The molecular weight excluding hydrogens is 531 g/mol. The molecule has 3 aromatic rings. The van der Waals surface area contributed by atoms with Gasteiger partial charge >= 0.3 is 13.7 Å². The zero-order valence-electron chi connectivity index (χ0n) is 21.7. The number of rotatable bonds is 14. The van der Waals surface area contributed by atoms with Crippen LogP contribution in [-0.2, 0) is 18.6 Å². The minimum Gasteiger partial charge on any atom is -0.491 e. The number of nitrogens with zero attached hydrogens (tertiary/aromatic N) is 4. The molecule has 0 amide bonds. The molecule has 0 fully saturated rings. The van der Waals surface area contributed by atoms with Gasteiger partial charge in [-0.2, -0.15) is 15.1 Å². The average Bonchev–Trinajstić information content (AvgIpc) is 3.54. The van der Waals surface area contributed by atoms with Crippen LogP contribution >= 0.6 is 7.75 Å². The fourth-order valence-electron chi connectivity index (χ4n) is 3.95. The van der Waals surface area contributed by atoms with Gasteiger partial charge in [-0.15, -0.1) is 0 Å². The molecule has 1 aliphatic rings. The molecule has 1 aliphatic carbocycles. The van der Waals surface area contributed by atoms with Gasteiger partial charge in [0, 0.05) is 19.1 Å². The molecule has 2 aromatic heterocycles. The van der Waals surface area contributed by atoms with Gasteiger partial charge in [0.15, 0.2) is 11.2 Å². The van der Waals surface area contributed by atoms with Crippen molar-refractivity contribution >= 4 is 30.8 Å². The molecule has 2 heterocycles. The summed E-state index contributed by atoms with van der Waals surface area (Å²) >= 11 is 0. The van der Waals surface area contributed by atoms with Crippen LogP contribution in [0.1, 0.15) is 19.4 Å². The van der Waals surface area contributed by atoms with Gasteiger partial charge in [0.1, 0.15) is 24.1 Å². The number of hydrogen-bond donors (Lipinski definition) is 3. The molecular formula is C24H31N6O8P. The quantitative estimate of drug-likeness (QED) is 0.148. The Morgan fingerprint density at radius 1 is 1.26 bits per heavy atom. The number of benzene rings is 1. The first-order valence-corrected chi connectivity index (χ1v) is 13.6. The van der Waals surface area contributed by atoms with Crippen molar-refractivity contribution < 1.29 is 37.7 Å². The largest absolute Gasteiger partial charge is 0.491 e. The number of methoxy groups -OCH3 is 2. The number of aromatic nitrogens is 4. The Hall–Kier alpha value is -3.71. The molecule has 14 nitrogen and oxygen atoms in total. The summed E-state index contributed by atoms with van der Waals surface area (Å²) in [6.45, 7) is 2.06. The third-order valence-electron chi connectivity index (χ3n) is 5.88. The van der Waals surface area contributed by atoms with Crippen LogP contribution < -0.4 is 24.8 Å². The number of nitrogens with one attached hydrogen (secondary N) is 1. The van der Waals surface area contributed by atoms with Crippen molar-refractivity contribution in [1.82, 2.24) is 24.6 Å². The molecule has 0 aliphatic heterocycles. The molecule has 0 saturated heterocycles. The van der Waals surface area contributed by atoms with Crippen molar-refractivity contribution in [2.24, 2.45) is 5.92 Å². The van der Waals surface area contributed by atoms with E-state index in [2.05, 4.69) is 20.0 Å². The van der Waals surface area contributed by atoms with Gasteiger partial charge in [-0.25, -0.2) is 9.55 Å². The first-order chi connectivity index (χ1) is 18.7. The Morgan fingerprint density at radius 2 is 2.05 bits per heavy atom. The minimum absolute atomic E-state index is 0.000714. The standard InChI is InChI=1S/C24H31N6O8P/c1-15(23(31)32)29-39(33,38-19-6-4-5-18(12-19)36-10-9-34-2)37-13-16-7-8-17(11-16)30-14-26-20-21(30)27-24(25)28-22(20)35-3/h4-8,12,14-17H,9-11,13H2,1-3H3,(H,29,33)(H,31,32)(H2,25,27,28)/t15?,16-,17+,39?/m1/s1. The van der Waals surface area contributed by atoms with Crippen LogP contribution in [-0.4, -0.2) is 70.7 Å². The number of nitrogen functional groups attached to an aromatic ring is 1. The van der Waals surface area contributed by atoms with Crippen LogP contribution in [0.5, 0.6) is 17.4 Å². The van der Waals surface area contributed by atoms with Crippen molar-refractivity contribution in [2.45, 2.75) is 25.4 Å². The van der Waals surface area contributed by atoms with Crippen molar-refractivity contribution in [3.8, 4) is 17.4 Å². The summed E-state index contributed by atoms with van der Waals surface area (Å²) < 4.78 is 42.7. The maximum absolute atomic E-state index is 13.7. The molecule has 4 atom stereocenters. The predicted octanol–water partition coefficient (Wildman–Crippen LogP) is 2.83. The van der Waals surface area contributed by atoms with Gasteiger partial charge in [-0.3, -0.25) is 9.32 Å². The van der Waals surface area contributed by atoms with E-state index < -0.39 is 19.8 Å². The number of imidazole rings is 1. The molecule has 0 radical (unpaired) electrons. The second-order valence-electron chi connectivity index (χ2n) is 8.75. The first-order valence-electron chi connectivity index (χ1n) is 12.1. The molecule has 210 valence electrons. The van der Waals surface area contributed by atoms with Gasteiger partial charge in [-0.05, 0) is 25.5 Å². The number of ether oxygens (including phenoxy) is 3. The summed E-state index contributed by atoms with van der Waals surface area (Å²) in [5.41, 5.74) is 6.83. The van der Waals surface area contributed by atoms with Gasteiger partial charge in [0.2, 0.25) is 11.8 Å². The molecule has 0 bridgehead atoms. The predicted molar refractivity (Wildman–Crippen MR) is 141 cm³/mol. The number of allylic oxidation sites excluding steroid dienone is 1. The molecule has 39 heavy (non-hydrogen) atoms. The number of carbonyl (C=O) groups is 1. The first kappa shape index (κ1) is 28.3. The number of carboxylic acids is 1. The highest BCUT2D eigenvalue weighted by Crippen LogP contribution is 2.46. The fourth-order valence-corrected chi connectivity index (χ4v) is 5.50. The molecule has 2 unspecified atom stereocenters. The summed E-state index contributed by atoms with van der Waals surface area (Å²) in [6.07, 6.45) is 6.09. The Labute approximate surface area is 224 Å². The fraction of sp³-hybridized carbons (Fsp3) is 0.417. The highest BCUT2D eigenvalue weighted by Gasteiger charge is 2.33. The van der Waals surface area contributed by atoms with E-state index in [4.69, 9.17) is 29.0 Å². The van der Waals surface area contributed by atoms with Gasteiger partial charge < -0.3 is 34.1 Å². The zero-order valence-corrected chi connectivity index (χ0v) is 22.6. The lowest BCUT2D eigenvalue weighted by Gasteiger charge is -2.23. The van der Waals surface area contributed by atoms with Crippen molar-refractivity contribution in [1.29, 1.82) is 0 Å². The second kappa shape index (κ2) is 12.4.